The summed E-state index contributed by atoms with van der Waals surface area (Å²) >= 11 is 3.00. The fraction of sp³-hybridized carbons (Fsp3) is 0.0833. The van der Waals surface area contributed by atoms with Crippen LogP contribution in [0, 0.1) is 0 Å². The van der Waals surface area contributed by atoms with Crippen molar-refractivity contribution in [3.05, 3.63) is 50.5 Å². The number of hydrogen-bond acceptors (Lipinski definition) is 7. The van der Waals surface area contributed by atoms with Gasteiger partial charge in [0.1, 0.15) is 6.54 Å². The largest absolute Gasteiger partial charge is 0.269 e. The minimum absolute atomic E-state index is 0.102. The molecule has 0 bridgehead atoms. The molecule has 4 aromatic rings. The molecule has 0 amide bonds. The van der Waals surface area contributed by atoms with E-state index < -0.39 is 0 Å². The molecule has 4 heterocycles. The summed E-state index contributed by atoms with van der Waals surface area (Å²) in [6.45, 7) is 0.320. The maximum absolute atomic E-state index is 11.9. The first-order chi connectivity index (χ1) is 10.3. The van der Waals surface area contributed by atoms with Crippen LogP contribution in [0.3, 0.4) is 0 Å². The van der Waals surface area contributed by atoms with Gasteiger partial charge in [-0.1, -0.05) is 0 Å². The summed E-state index contributed by atoms with van der Waals surface area (Å²) in [5, 5.41) is 18.1. The van der Waals surface area contributed by atoms with E-state index in [2.05, 4.69) is 20.4 Å². The SMILES string of the molecule is O=c1cc(Cn2nnc(-c3ccsc3)n2)nc2sccn12. The van der Waals surface area contributed by atoms with Crippen LogP contribution in [0.1, 0.15) is 5.69 Å². The van der Waals surface area contributed by atoms with E-state index in [1.165, 1.54) is 26.6 Å². The Hall–Kier alpha value is -2.39. The lowest BCUT2D eigenvalue weighted by molar-refractivity contribution is 0.564. The predicted molar refractivity (Wildman–Crippen MR) is 79.6 cm³/mol. The molecule has 4 rings (SSSR count). The van der Waals surface area contributed by atoms with Gasteiger partial charge in [0.05, 0.1) is 5.69 Å². The molecule has 0 aliphatic rings. The van der Waals surface area contributed by atoms with Crippen molar-refractivity contribution in [3.8, 4) is 11.4 Å². The van der Waals surface area contributed by atoms with Crippen LogP contribution in [0.25, 0.3) is 16.3 Å². The second kappa shape index (κ2) is 4.86. The molecule has 0 aromatic carbocycles. The lowest BCUT2D eigenvalue weighted by atomic mass is 10.3. The zero-order valence-corrected chi connectivity index (χ0v) is 12.2. The summed E-state index contributed by atoms with van der Waals surface area (Å²) in [7, 11) is 0. The van der Waals surface area contributed by atoms with Crippen molar-refractivity contribution in [2.24, 2.45) is 0 Å². The standard InChI is InChI=1S/C12H8N6OS2/c19-10-5-9(13-12-17(10)2-4-21-12)6-18-15-11(14-16-18)8-1-3-20-7-8/h1-5,7H,6H2. The molecule has 0 aliphatic heterocycles. The number of thiazole rings is 1. The van der Waals surface area contributed by atoms with Gasteiger partial charge in [-0.3, -0.25) is 9.20 Å². The molecule has 4 aromatic heterocycles. The summed E-state index contributed by atoms with van der Waals surface area (Å²) < 4.78 is 1.51. The topological polar surface area (TPSA) is 78.0 Å². The van der Waals surface area contributed by atoms with Crippen LogP contribution in [-0.2, 0) is 6.54 Å². The van der Waals surface area contributed by atoms with E-state index in [0.29, 0.717) is 23.0 Å². The third-order valence-corrected chi connectivity index (χ3v) is 4.33. The van der Waals surface area contributed by atoms with Crippen molar-refractivity contribution in [3.63, 3.8) is 0 Å². The average molecular weight is 316 g/mol. The van der Waals surface area contributed by atoms with Crippen LogP contribution in [0.15, 0.2) is 39.3 Å². The normalized spacial score (nSPS) is 11.2. The summed E-state index contributed by atoms with van der Waals surface area (Å²) in [6, 6.07) is 3.43. The highest BCUT2D eigenvalue weighted by Gasteiger charge is 2.09. The van der Waals surface area contributed by atoms with Crippen LogP contribution < -0.4 is 5.56 Å². The van der Waals surface area contributed by atoms with Crippen LogP contribution in [0.2, 0.25) is 0 Å². The van der Waals surface area contributed by atoms with Crippen LogP contribution in [0.5, 0.6) is 0 Å². The number of aromatic nitrogens is 6. The van der Waals surface area contributed by atoms with Crippen LogP contribution in [-0.4, -0.2) is 29.6 Å². The number of rotatable bonds is 3. The first-order valence-corrected chi connectivity index (χ1v) is 7.88. The van der Waals surface area contributed by atoms with Crippen molar-refractivity contribution in [1.82, 2.24) is 29.6 Å². The number of hydrogen-bond donors (Lipinski definition) is 0. The molecular weight excluding hydrogens is 308 g/mol. The molecule has 0 saturated heterocycles. The van der Waals surface area contributed by atoms with E-state index >= 15 is 0 Å². The number of thiophene rings is 1. The van der Waals surface area contributed by atoms with Gasteiger partial charge < -0.3 is 0 Å². The highest BCUT2D eigenvalue weighted by molar-refractivity contribution is 7.15. The fourth-order valence-corrected chi connectivity index (χ4v) is 3.30. The average Bonchev–Trinajstić information content (AvgIpc) is 3.19. The van der Waals surface area contributed by atoms with E-state index in [0.717, 1.165) is 5.56 Å². The zero-order valence-electron chi connectivity index (χ0n) is 10.6. The summed E-state index contributed by atoms with van der Waals surface area (Å²) in [6.07, 6.45) is 1.71. The Labute approximate surface area is 126 Å². The third kappa shape index (κ3) is 2.26. The van der Waals surface area contributed by atoms with Crippen molar-refractivity contribution in [2.75, 3.05) is 0 Å². The first-order valence-electron chi connectivity index (χ1n) is 6.06. The number of nitrogens with zero attached hydrogens (tertiary/aromatic N) is 6. The van der Waals surface area contributed by atoms with Gasteiger partial charge in [0.15, 0.2) is 4.96 Å². The number of tetrazole rings is 1. The Morgan fingerprint density at radius 1 is 1.29 bits per heavy atom. The van der Waals surface area contributed by atoms with Gasteiger partial charge in [0.2, 0.25) is 5.82 Å². The van der Waals surface area contributed by atoms with Gasteiger partial charge in [0, 0.05) is 28.6 Å². The monoisotopic (exact) mass is 316 g/mol. The summed E-state index contributed by atoms with van der Waals surface area (Å²) in [5.41, 5.74) is 1.46. The lowest BCUT2D eigenvalue weighted by Gasteiger charge is -1.99. The highest BCUT2D eigenvalue weighted by atomic mass is 32.1. The minimum Gasteiger partial charge on any atom is -0.269 e. The maximum atomic E-state index is 11.9. The molecule has 0 unspecified atom stereocenters. The van der Waals surface area contributed by atoms with Gasteiger partial charge in [0.25, 0.3) is 5.56 Å². The Bertz CT molecular complexity index is 952. The molecule has 0 N–H and O–H groups in total. The highest BCUT2D eigenvalue weighted by Crippen LogP contribution is 2.16. The fourth-order valence-electron chi connectivity index (χ4n) is 1.93. The molecule has 9 heteroatoms. The van der Waals surface area contributed by atoms with Crippen molar-refractivity contribution < 1.29 is 0 Å². The number of fused-ring (bicyclic) bond motifs is 1. The van der Waals surface area contributed by atoms with Crippen molar-refractivity contribution in [1.29, 1.82) is 0 Å². The Kier molecular flexibility index (Phi) is 2.86. The van der Waals surface area contributed by atoms with Gasteiger partial charge >= 0.3 is 0 Å². The van der Waals surface area contributed by atoms with E-state index in [4.69, 9.17) is 0 Å². The summed E-state index contributed by atoms with van der Waals surface area (Å²) in [4.78, 5) is 18.4. The van der Waals surface area contributed by atoms with Gasteiger partial charge in [-0.15, -0.1) is 21.5 Å². The second-order valence-corrected chi connectivity index (χ2v) is 5.95. The zero-order chi connectivity index (χ0) is 14.2. The Morgan fingerprint density at radius 3 is 3.10 bits per heavy atom. The van der Waals surface area contributed by atoms with E-state index in [1.807, 2.05) is 22.2 Å². The molecule has 7 nitrogen and oxygen atoms in total. The van der Waals surface area contributed by atoms with E-state index in [-0.39, 0.29) is 5.56 Å². The van der Waals surface area contributed by atoms with E-state index in [9.17, 15) is 4.79 Å². The lowest BCUT2D eigenvalue weighted by Crippen LogP contribution is -2.15. The van der Waals surface area contributed by atoms with Gasteiger partial charge in [-0.2, -0.15) is 16.1 Å². The van der Waals surface area contributed by atoms with Gasteiger partial charge in [-0.25, -0.2) is 4.98 Å². The molecule has 0 spiro atoms. The molecule has 0 aliphatic carbocycles. The van der Waals surface area contributed by atoms with Crippen LogP contribution in [0.4, 0.5) is 0 Å². The molecule has 0 saturated carbocycles. The summed E-state index contributed by atoms with van der Waals surface area (Å²) in [5.74, 6) is 0.574. The van der Waals surface area contributed by atoms with Crippen molar-refractivity contribution >= 4 is 27.6 Å². The second-order valence-electron chi connectivity index (χ2n) is 4.30. The van der Waals surface area contributed by atoms with E-state index in [1.54, 1.807) is 17.5 Å². The minimum atomic E-state index is -0.102. The van der Waals surface area contributed by atoms with Crippen molar-refractivity contribution in [2.45, 2.75) is 6.54 Å². The van der Waals surface area contributed by atoms with Gasteiger partial charge in [-0.05, 0) is 16.7 Å². The first kappa shape index (κ1) is 12.4. The Balaban J connectivity index is 1.67. The molecule has 21 heavy (non-hydrogen) atoms. The molecule has 0 atom stereocenters. The smallest absolute Gasteiger partial charge is 0.258 e. The Morgan fingerprint density at radius 2 is 2.24 bits per heavy atom. The molecular formula is C12H8N6OS2. The molecule has 0 fully saturated rings. The van der Waals surface area contributed by atoms with Crippen LogP contribution >= 0.6 is 22.7 Å². The molecule has 0 radical (unpaired) electrons. The quantitative estimate of drug-likeness (QED) is 0.572. The molecule has 104 valence electrons. The predicted octanol–water partition coefficient (Wildman–Crippen LogP) is 1.52. The third-order valence-electron chi connectivity index (χ3n) is 2.89. The maximum Gasteiger partial charge on any atom is 0.258 e.